The van der Waals surface area contributed by atoms with Gasteiger partial charge in [0.15, 0.2) is 0 Å². The fourth-order valence-corrected chi connectivity index (χ4v) is 13.3. The van der Waals surface area contributed by atoms with Crippen LogP contribution >= 0.6 is 0 Å². The number of rotatable bonds is 13. The van der Waals surface area contributed by atoms with Crippen LogP contribution in [0.3, 0.4) is 0 Å². The molecule has 0 saturated heterocycles. The van der Waals surface area contributed by atoms with Crippen LogP contribution < -0.4 is 10.6 Å². The number of allylic oxidation sites excluding steroid dienone is 1. The number of nitrogens with one attached hydrogen (secondary N) is 2. The van der Waals surface area contributed by atoms with E-state index in [0.29, 0.717) is 48.5 Å². The van der Waals surface area contributed by atoms with Crippen molar-refractivity contribution >= 4 is 17.8 Å². The fourth-order valence-electron chi connectivity index (χ4n) is 13.3. The first-order chi connectivity index (χ1) is 23.0. The van der Waals surface area contributed by atoms with Crippen molar-refractivity contribution in [3.05, 3.63) is 12.2 Å². The predicted molar refractivity (Wildman–Crippen MR) is 195 cm³/mol. The number of carboxylic acid groups (broad SMARTS) is 1. The second-order valence-electron chi connectivity index (χ2n) is 19.0. The lowest BCUT2D eigenvalue weighted by atomic mass is 9.32. The van der Waals surface area contributed by atoms with Gasteiger partial charge < -0.3 is 20.8 Å². The van der Waals surface area contributed by atoms with Crippen molar-refractivity contribution in [2.45, 2.75) is 157 Å². The van der Waals surface area contributed by atoms with Crippen molar-refractivity contribution in [2.24, 2.45) is 62.6 Å². The van der Waals surface area contributed by atoms with Crippen LogP contribution in [0.15, 0.2) is 12.2 Å². The van der Waals surface area contributed by atoms with E-state index in [1.807, 2.05) is 0 Å². The van der Waals surface area contributed by atoms with Crippen molar-refractivity contribution in [1.82, 2.24) is 10.6 Å². The number of aliphatic hydroxyl groups is 1. The summed E-state index contributed by atoms with van der Waals surface area (Å²) in [6, 6.07) is 0. The normalized spacial score (nSPS) is 41.3. The van der Waals surface area contributed by atoms with E-state index in [0.717, 1.165) is 70.6 Å². The number of aliphatic hydroxyl groups excluding tert-OH is 1. The second-order valence-corrected chi connectivity index (χ2v) is 19.0. The molecule has 7 heteroatoms. The molecule has 278 valence electrons. The molecular weight excluding hydrogens is 612 g/mol. The van der Waals surface area contributed by atoms with E-state index in [1.165, 1.54) is 31.3 Å². The third-order valence-electron chi connectivity index (χ3n) is 16.4. The number of hydrogen-bond acceptors (Lipinski definition) is 4. The molecule has 0 aromatic rings. The molecule has 0 spiro atoms. The molecule has 5 rings (SSSR count). The van der Waals surface area contributed by atoms with E-state index in [-0.39, 0.29) is 45.6 Å². The highest BCUT2D eigenvalue weighted by atomic mass is 16.4. The SMILES string of the molecule is C=C(C)[C@@H]1CC[C@]2(C(=O)NCCCCCCCC(=O)NCC(C)C(=O)O)CC[C@]3(C)[C@H](CC[C@@H]4[C@@]5(C)CC[C@H](O)C(C)(C)[C@@H]5CC[C@]43C)[C@@H]12. The van der Waals surface area contributed by atoms with Crippen molar-refractivity contribution < 1.29 is 24.6 Å². The average Bonchev–Trinajstić information content (AvgIpc) is 3.44. The molecule has 0 aromatic heterocycles. The molecule has 0 bridgehead atoms. The molecule has 5 fully saturated rings. The number of carbonyl (C=O) groups excluding carboxylic acids is 2. The molecule has 4 N–H and O–H groups in total. The predicted octanol–water partition coefficient (Wildman–Crippen LogP) is 8.30. The minimum absolute atomic E-state index is 0.0393. The summed E-state index contributed by atoms with van der Waals surface area (Å²) >= 11 is 0. The highest BCUT2D eigenvalue weighted by molar-refractivity contribution is 5.84. The highest BCUT2D eigenvalue weighted by Crippen LogP contribution is 2.77. The van der Waals surface area contributed by atoms with Crippen LogP contribution in [0.1, 0.15) is 151 Å². The van der Waals surface area contributed by atoms with Gasteiger partial charge in [0.05, 0.1) is 17.4 Å². The van der Waals surface area contributed by atoms with Gasteiger partial charge in [-0.1, -0.05) is 73.0 Å². The Morgan fingerprint density at radius 3 is 2.18 bits per heavy atom. The molecule has 1 unspecified atom stereocenters. The van der Waals surface area contributed by atoms with Gasteiger partial charge in [0.2, 0.25) is 11.8 Å². The zero-order valence-electron chi connectivity index (χ0n) is 32.1. The Morgan fingerprint density at radius 1 is 0.796 bits per heavy atom. The zero-order valence-corrected chi connectivity index (χ0v) is 32.1. The van der Waals surface area contributed by atoms with Gasteiger partial charge in [0.1, 0.15) is 0 Å². The summed E-state index contributed by atoms with van der Waals surface area (Å²) in [6.07, 6.45) is 16.1. The average molecular weight is 683 g/mol. The van der Waals surface area contributed by atoms with E-state index in [4.69, 9.17) is 5.11 Å². The van der Waals surface area contributed by atoms with Gasteiger partial charge in [-0.15, -0.1) is 0 Å². The van der Waals surface area contributed by atoms with E-state index in [2.05, 4.69) is 58.8 Å². The number of unbranched alkanes of at least 4 members (excludes halogenated alkanes) is 4. The molecular formula is C42H70N2O5. The minimum atomic E-state index is -0.896. The molecule has 7 nitrogen and oxygen atoms in total. The first-order valence-electron chi connectivity index (χ1n) is 20.1. The standard InChI is InChI=1S/C42H70N2O5/c1-27(2)29-17-22-42(37(49)43-25-13-11-9-10-12-14-34(46)44-26-28(3)36(47)48)24-23-40(7)30(35(29)42)15-16-32-39(6)20-19-33(45)38(4,5)31(39)18-21-41(32,40)8/h28-33,35,45H,1,9-26H2,2-8H3,(H,43,49)(H,44,46)(H,47,48)/t28?,29-,30+,31-,32+,33-,35+,39-,40+,41+,42-/m0/s1. The topological polar surface area (TPSA) is 116 Å². The molecule has 0 aromatic carbocycles. The quantitative estimate of drug-likeness (QED) is 0.115. The van der Waals surface area contributed by atoms with Crippen molar-refractivity contribution in [2.75, 3.05) is 13.1 Å². The van der Waals surface area contributed by atoms with E-state index in [9.17, 15) is 19.5 Å². The smallest absolute Gasteiger partial charge is 0.308 e. The van der Waals surface area contributed by atoms with Crippen LogP contribution in [0.5, 0.6) is 0 Å². The molecule has 11 atom stereocenters. The van der Waals surface area contributed by atoms with Gasteiger partial charge in [-0.05, 0) is 135 Å². The zero-order chi connectivity index (χ0) is 36.0. The Balaban J connectivity index is 1.19. The van der Waals surface area contributed by atoms with E-state index < -0.39 is 11.9 Å². The largest absolute Gasteiger partial charge is 0.481 e. The summed E-state index contributed by atoms with van der Waals surface area (Å²) in [5, 5.41) is 26.2. The maximum absolute atomic E-state index is 14.4. The lowest BCUT2D eigenvalue weighted by Crippen LogP contribution is -2.67. The molecule has 5 aliphatic carbocycles. The Morgan fingerprint density at radius 2 is 1.49 bits per heavy atom. The van der Waals surface area contributed by atoms with Crippen LogP contribution in [0.4, 0.5) is 0 Å². The van der Waals surface area contributed by atoms with Gasteiger partial charge in [-0.25, -0.2) is 0 Å². The monoisotopic (exact) mass is 683 g/mol. The lowest BCUT2D eigenvalue weighted by molar-refractivity contribution is -0.246. The van der Waals surface area contributed by atoms with Crippen LogP contribution in [0.2, 0.25) is 0 Å². The van der Waals surface area contributed by atoms with E-state index in [1.54, 1.807) is 6.92 Å². The summed E-state index contributed by atoms with van der Waals surface area (Å²) in [5.41, 5.74) is 1.62. The highest BCUT2D eigenvalue weighted by Gasteiger charge is 2.71. The van der Waals surface area contributed by atoms with Gasteiger partial charge in [-0.3, -0.25) is 14.4 Å². The third kappa shape index (κ3) is 6.54. The van der Waals surface area contributed by atoms with Gasteiger partial charge in [0, 0.05) is 19.5 Å². The molecule has 5 aliphatic rings. The number of amides is 2. The number of aliphatic carboxylic acids is 1. The maximum Gasteiger partial charge on any atom is 0.308 e. The molecule has 0 radical (unpaired) electrons. The fraction of sp³-hybridized carbons (Fsp3) is 0.881. The number of fused-ring (bicyclic) bond motifs is 7. The summed E-state index contributed by atoms with van der Waals surface area (Å²) in [6.45, 7) is 21.7. The molecule has 49 heavy (non-hydrogen) atoms. The molecule has 0 heterocycles. The van der Waals surface area contributed by atoms with Crippen LogP contribution in [-0.2, 0) is 14.4 Å². The van der Waals surface area contributed by atoms with Gasteiger partial charge in [-0.2, -0.15) is 0 Å². The Labute approximate surface area is 297 Å². The van der Waals surface area contributed by atoms with E-state index >= 15 is 0 Å². The summed E-state index contributed by atoms with van der Waals surface area (Å²) in [4.78, 5) is 37.3. The Hall–Kier alpha value is -1.89. The number of carboxylic acids is 1. The third-order valence-corrected chi connectivity index (χ3v) is 16.4. The molecule has 2 amide bonds. The van der Waals surface area contributed by atoms with Gasteiger partial charge in [0.25, 0.3) is 0 Å². The summed E-state index contributed by atoms with van der Waals surface area (Å²) in [5.74, 6) is 1.27. The van der Waals surface area contributed by atoms with Crippen molar-refractivity contribution in [3.63, 3.8) is 0 Å². The van der Waals surface area contributed by atoms with Crippen molar-refractivity contribution in [1.29, 1.82) is 0 Å². The van der Waals surface area contributed by atoms with Crippen LogP contribution in [-0.4, -0.2) is 47.2 Å². The number of hydrogen-bond donors (Lipinski definition) is 4. The summed E-state index contributed by atoms with van der Waals surface area (Å²) in [7, 11) is 0. The van der Waals surface area contributed by atoms with Crippen LogP contribution in [0.25, 0.3) is 0 Å². The minimum Gasteiger partial charge on any atom is -0.481 e. The maximum atomic E-state index is 14.4. The van der Waals surface area contributed by atoms with Crippen molar-refractivity contribution in [3.8, 4) is 0 Å². The first-order valence-corrected chi connectivity index (χ1v) is 20.1. The lowest BCUT2D eigenvalue weighted by Gasteiger charge is -2.72. The first kappa shape index (κ1) is 38.3. The Kier molecular flexibility index (Phi) is 11.2. The molecule has 0 aliphatic heterocycles. The molecule has 5 saturated carbocycles. The van der Waals surface area contributed by atoms with Gasteiger partial charge >= 0.3 is 5.97 Å². The summed E-state index contributed by atoms with van der Waals surface area (Å²) < 4.78 is 0. The number of carbonyl (C=O) groups is 3. The second kappa shape index (κ2) is 14.3. The van der Waals surface area contributed by atoms with Crippen LogP contribution in [0, 0.1) is 62.6 Å². The Bertz CT molecular complexity index is 1260.